The summed E-state index contributed by atoms with van der Waals surface area (Å²) in [7, 11) is 0. The molecule has 7 heteroatoms. The van der Waals surface area contributed by atoms with Gasteiger partial charge in [-0.25, -0.2) is 0 Å². The number of esters is 1. The summed E-state index contributed by atoms with van der Waals surface area (Å²) in [4.78, 5) is 15.4. The third-order valence-corrected chi connectivity index (χ3v) is 8.21. The van der Waals surface area contributed by atoms with Crippen LogP contribution in [0.1, 0.15) is 62.6 Å². The number of aromatic amines is 1. The second-order valence-corrected chi connectivity index (χ2v) is 11.4. The third-order valence-electron chi connectivity index (χ3n) is 8.21. The monoisotopic (exact) mass is 553 g/mol. The summed E-state index contributed by atoms with van der Waals surface area (Å²) < 4.78 is 13.9. The van der Waals surface area contributed by atoms with E-state index in [1.807, 2.05) is 20.0 Å². The smallest absolute Gasteiger partial charge is 0.305 e. The van der Waals surface area contributed by atoms with Crippen molar-refractivity contribution in [3.05, 3.63) is 65.4 Å². The molecular weight excluding hydrogens is 514 g/mol. The number of ether oxygens (including phenoxy) is 2. The first kappa shape index (κ1) is 27.4. The predicted molar refractivity (Wildman–Crippen MR) is 164 cm³/mol. The summed E-state index contributed by atoms with van der Waals surface area (Å²) in [5, 5.41) is 15.2. The van der Waals surface area contributed by atoms with E-state index in [9.17, 15) is 9.90 Å². The number of nitrogens with two attached hydrogens (primary N) is 1. The maximum atomic E-state index is 12.3. The molecule has 0 unspecified atom stereocenters. The lowest BCUT2D eigenvalue weighted by molar-refractivity contribution is -0.143. The van der Waals surface area contributed by atoms with Gasteiger partial charge in [0.15, 0.2) is 5.88 Å². The van der Waals surface area contributed by atoms with Crippen molar-refractivity contribution in [1.29, 1.82) is 0 Å². The van der Waals surface area contributed by atoms with E-state index in [4.69, 9.17) is 15.2 Å². The van der Waals surface area contributed by atoms with Crippen LogP contribution in [0.25, 0.3) is 43.7 Å². The van der Waals surface area contributed by atoms with Gasteiger partial charge in [-0.3, -0.25) is 4.79 Å². The first-order valence-electron chi connectivity index (χ1n) is 14.8. The van der Waals surface area contributed by atoms with Crippen LogP contribution in [0.3, 0.4) is 0 Å². The number of hydrogen-bond donors (Lipinski definition) is 3. The molecule has 5 aromatic rings. The lowest BCUT2D eigenvalue weighted by atomic mass is 9.96. The second kappa shape index (κ2) is 11.6. The highest BCUT2D eigenvalue weighted by Gasteiger charge is 2.29. The number of aromatic hydroxyl groups is 1. The Hall–Kier alpha value is -3.81. The van der Waals surface area contributed by atoms with Gasteiger partial charge in [-0.15, -0.1) is 0 Å². The summed E-state index contributed by atoms with van der Waals surface area (Å²) in [6, 6.07) is 15.0. The summed E-state index contributed by atoms with van der Waals surface area (Å²) >= 11 is 0. The lowest BCUT2D eigenvalue weighted by Gasteiger charge is -2.13. The van der Waals surface area contributed by atoms with Gasteiger partial charge >= 0.3 is 5.97 Å². The molecule has 7 nitrogen and oxygen atoms in total. The van der Waals surface area contributed by atoms with E-state index in [-0.39, 0.29) is 18.0 Å². The molecular formula is C34H39N3O4. The first-order chi connectivity index (χ1) is 20.0. The van der Waals surface area contributed by atoms with Crippen LogP contribution in [-0.2, 0) is 33.8 Å². The Kier molecular flexibility index (Phi) is 7.73. The minimum Gasteiger partial charge on any atom is -0.494 e. The molecule has 2 heterocycles. The van der Waals surface area contributed by atoms with Crippen LogP contribution in [0.2, 0.25) is 0 Å². The van der Waals surface area contributed by atoms with Gasteiger partial charge in [0, 0.05) is 52.8 Å². The van der Waals surface area contributed by atoms with Gasteiger partial charge in [0.1, 0.15) is 0 Å². The first-order valence-corrected chi connectivity index (χ1v) is 14.8. The maximum Gasteiger partial charge on any atom is 0.305 e. The van der Waals surface area contributed by atoms with E-state index in [1.165, 1.54) is 22.2 Å². The lowest BCUT2D eigenvalue weighted by Crippen LogP contribution is -2.09. The number of carbonyl (C=O) groups excluding carboxylic acids is 1. The molecule has 0 atom stereocenters. The van der Waals surface area contributed by atoms with Crippen LogP contribution in [0, 0.1) is 0 Å². The van der Waals surface area contributed by atoms with Crippen LogP contribution < -0.4 is 5.73 Å². The summed E-state index contributed by atoms with van der Waals surface area (Å²) in [5.74, 6) is 0.0632. The van der Waals surface area contributed by atoms with Crippen molar-refractivity contribution in [3.63, 3.8) is 0 Å². The highest BCUT2D eigenvalue weighted by molar-refractivity contribution is 6.27. The number of aryl methyl sites for hydroxylation is 1. The van der Waals surface area contributed by atoms with E-state index in [1.54, 1.807) is 0 Å². The second-order valence-electron chi connectivity index (χ2n) is 11.4. The molecule has 0 fully saturated rings. The van der Waals surface area contributed by atoms with Crippen LogP contribution in [0.4, 0.5) is 0 Å². The van der Waals surface area contributed by atoms with Crippen LogP contribution >= 0.6 is 0 Å². The van der Waals surface area contributed by atoms with Crippen molar-refractivity contribution >= 4 is 38.5 Å². The Labute approximate surface area is 240 Å². The van der Waals surface area contributed by atoms with Crippen LogP contribution in [0.5, 0.6) is 5.88 Å². The van der Waals surface area contributed by atoms with Crippen molar-refractivity contribution in [2.45, 2.75) is 71.6 Å². The average Bonchev–Trinajstić information content (AvgIpc) is 3.63. The molecule has 3 aromatic carbocycles. The van der Waals surface area contributed by atoms with Gasteiger partial charge in [0.05, 0.1) is 30.2 Å². The molecule has 6 rings (SSSR count). The van der Waals surface area contributed by atoms with Gasteiger partial charge in [0.2, 0.25) is 0 Å². The maximum absolute atomic E-state index is 12.3. The number of aromatic nitrogens is 2. The normalized spacial score (nSPS) is 12.6. The molecule has 214 valence electrons. The van der Waals surface area contributed by atoms with Crippen molar-refractivity contribution in [1.82, 2.24) is 9.55 Å². The Balaban J connectivity index is 1.42. The van der Waals surface area contributed by atoms with Crippen molar-refractivity contribution in [2.75, 3.05) is 13.2 Å². The summed E-state index contributed by atoms with van der Waals surface area (Å²) in [6.07, 6.45) is 6.74. The number of fused-ring (bicyclic) bond motifs is 10. The SMILES string of the molecule is CC(C)OCc1ccc2c(c1)c1c3c[nH]c(O)c3c3c(c1n2CCCOC(=O)CCCCCN)Cc1ccccc1-3. The van der Waals surface area contributed by atoms with Gasteiger partial charge in [-0.1, -0.05) is 36.8 Å². The molecule has 4 N–H and O–H groups in total. The Bertz CT molecular complexity index is 1730. The van der Waals surface area contributed by atoms with Gasteiger partial charge in [-0.05, 0) is 74.0 Å². The zero-order valence-corrected chi connectivity index (χ0v) is 24.0. The Morgan fingerprint density at radius 2 is 1.93 bits per heavy atom. The average molecular weight is 554 g/mol. The number of H-pyrrole nitrogens is 1. The molecule has 0 aliphatic heterocycles. The van der Waals surface area contributed by atoms with Crippen LogP contribution in [0.15, 0.2) is 48.7 Å². The predicted octanol–water partition coefficient (Wildman–Crippen LogP) is 6.93. The molecule has 1 aliphatic rings. The minimum atomic E-state index is -0.139. The van der Waals surface area contributed by atoms with Crippen molar-refractivity contribution < 1.29 is 19.4 Å². The van der Waals surface area contributed by atoms with Gasteiger partial charge < -0.3 is 29.9 Å². The summed E-state index contributed by atoms with van der Waals surface area (Å²) in [6.45, 7) is 6.39. The molecule has 0 saturated heterocycles. The number of nitrogens with zero attached hydrogens (tertiary/aromatic N) is 1. The van der Waals surface area contributed by atoms with Crippen molar-refractivity contribution in [2.24, 2.45) is 5.73 Å². The van der Waals surface area contributed by atoms with E-state index in [0.29, 0.717) is 39.1 Å². The number of rotatable bonds is 12. The van der Waals surface area contributed by atoms with Crippen LogP contribution in [-0.4, -0.2) is 39.9 Å². The molecule has 41 heavy (non-hydrogen) atoms. The molecule has 2 aromatic heterocycles. The highest BCUT2D eigenvalue weighted by Crippen LogP contribution is 2.50. The fourth-order valence-corrected chi connectivity index (χ4v) is 6.35. The van der Waals surface area contributed by atoms with Gasteiger partial charge in [0.25, 0.3) is 0 Å². The minimum absolute atomic E-state index is 0.139. The Morgan fingerprint density at radius 1 is 1.07 bits per heavy atom. The van der Waals surface area contributed by atoms with Crippen molar-refractivity contribution in [3.8, 4) is 17.0 Å². The highest BCUT2D eigenvalue weighted by atomic mass is 16.5. The van der Waals surface area contributed by atoms with E-state index < -0.39 is 0 Å². The van der Waals surface area contributed by atoms with E-state index in [2.05, 4.69) is 52.0 Å². The standard InChI is InChI=1S/C34H39N3O4/c1-21(2)41-20-22-12-13-28-25(17-22)31-27-19-36-34(39)32(27)30-24-10-6-5-9-23(24)18-26(30)33(31)37(28)15-8-16-40-29(38)11-4-3-7-14-35/h5-6,9-10,12-13,17,19,21,36,39H,3-4,7-8,11,14-16,18,20,35H2,1-2H3. The molecule has 0 amide bonds. The molecule has 0 saturated carbocycles. The molecule has 0 spiro atoms. The zero-order chi connectivity index (χ0) is 28.5. The van der Waals surface area contributed by atoms with E-state index in [0.717, 1.165) is 63.9 Å². The van der Waals surface area contributed by atoms with Gasteiger partial charge in [-0.2, -0.15) is 0 Å². The number of carbonyl (C=O) groups is 1. The Morgan fingerprint density at radius 3 is 2.76 bits per heavy atom. The van der Waals surface area contributed by atoms with E-state index >= 15 is 0 Å². The number of nitrogens with one attached hydrogen (secondary N) is 1. The third kappa shape index (κ3) is 5.09. The topological polar surface area (TPSA) is 102 Å². The summed E-state index contributed by atoms with van der Waals surface area (Å²) in [5.41, 5.74) is 13.8. The quantitative estimate of drug-likeness (QED) is 0.113. The number of unbranched alkanes of at least 4 members (excludes halogenated alkanes) is 2. The molecule has 0 radical (unpaired) electrons. The fraction of sp³-hybridized carbons (Fsp3) is 0.382. The molecule has 0 bridgehead atoms. The largest absolute Gasteiger partial charge is 0.494 e. The zero-order valence-electron chi connectivity index (χ0n) is 24.0. The number of hydrogen-bond acceptors (Lipinski definition) is 5. The fourth-order valence-electron chi connectivity index (χ4n) is 6.35. The number of benzene rings is 3. The molecule has 1 aliphatic carbocycles.